The van der Waals surface area contributed by atoms with Crippen LogP contribution in [-0.4, -0.2) is 17.5 Å². The van der Waals surface area contributed by atoms with Crippen molar-refractivity contribution in [3.05, 3.63) is 40.9 Å². The largest absolute Gasteiger partial charge is 0.494 e. The molecule has 21 heavy (non-hydrogen) atoms. The lowest BCUT2D eigenvalue weighted by Crippen LogP contribution is -2.28. The van der Waals surface area contributed by atoms with Crippen LogP contribution >= 0.6 is 11.3 Å². The number of thiazole rings is 1. The average molecular weight is 305 g/mol. The van der Waals surface area contributed by atoms with Crippen LogP contribution in [0.2, 0.25) is 0 Å². The topological polar surface area (TPSA) is 77.2 Å². The summed E-state index contributed by atoms with van der Waals surface area (Å²) in [6.07, 6.45) is 0.791. The summed E-state index contributed by atoms with van der Waals surface area (Å²) in [5.74, 6) is 0.624. The third-order valence-electron chi connectivity index (χ3n) is 3.06. The van der Waals surface area contributed by atoms with E-state index in [2.05, 4.69) is 10.3 Å². The second-order valence-electron chi connectivity index (χ2n) is 4.51. The number of anilines is 1. The molecule has 0 bridgehead atoms. The minimum atomic E-state index is -0.205. The summed E-state index contributed by atoms with van der Waals surface area (Å²) >= 11 is 1.26. The van der Waals surface area contributed by atoms with Gasteiger partial charge in [-0.2, -0.15) is 0 Å². The quantitative estimate of drug-likeness (QED) is 0.860. The Labute approximate surface area is 128 Å². The number of carbonyl (C=O) groups excluding carboxylic acids is 1. The molecule has 112 valence electrons. The molecular weight excluding hydrogens is 286 g/mol. The van der Waals surface area contributed by atoms with Crippen LogP contribution in [0.1, 0.15) is 42.4 Å². The molecule has 0 radical (unpaired) electrons. The van der Waals surface area contributed by atoms with Crippen LogP contribution in [0.25, 0.3) is 0 Å². The Morgan fingerprint density at radius 3 is 2.62 bits per heavy atom. The van der Waals surface area contributed by atoms with Crippen LogP contribution in [-0.2, 0) is 0 Å². The first-order valence-corrected chi connectivity index (χ1v) is 7.76. The summed E-state index contributed by atoms with van der Waals surface area (Å²) in [6.45, 7) is 4.61. The second kappa shape index (κ2) is 7.08. The fourth-order valence-electron chi connectivity index (χ4n) is 2.01. The summed E-state index contributed by atoms with van der Waals surface area (Å²) in [6, 6.07) is 7.70. The van der Waals surface area contributed by atoms with Crippen LogP contribution < -0.4 is 15.8 Å². The number of benzene rings is 1. The molecule has 0 saturated heterocycles. The molecule has 0 aliphatic heterocycles. The van der Waals surface area contributed by atoms with E-state index in [1.54, 1.807) is 5.38 Å². The highest BCUT2D eigenvalue weighted by atomic mass is 32.1. The highest BCUT2D eigenvalue weighted by Crippen LogP contribution is 2.21. The Hall–Kier alpha value is -2.08. The summed E-state index contributed by atoms with van der Waals surface area (Å²) in [5, 5.41) is 5.03. The third-order valence-corrected chi connectivity index (χ3v) is 3.74. The second-order valence-corrected chi connectivity index (χ2v) is 5.40. The zero-order valence-corrected chi connectivity index (χ0v) is 12.9. The zero-order valence-electron chi connectivity index (χ0n) is 12.1. The number of nitrogens with zero attached hydrogens (tertiary/aromatic N) is 1. The first-order valence-electron chi connectivity index (χ1n) is 6.88. The molecule has 2 aromatic rings. The van der Waals surface area contributed by atoms with Crippen LogP contribution in [0.15, 0.2) is 29.6 Å². The number of aromatic nitrogens is 1. The molecule has 5 nitrogen and oxygen atoms in total. The highest BCUT2D eigenvalue weighted by molar-refractivity contribution is 7.13. The van der Waals surface area contributed by atoms with E-state index in [0.29, 0.717) is 17.4 Å². The normalized spacial score (nSPS) is 11.9. The van der Waals surface area contributed by atoms with E-state index in [0.717, 1.165) is 17.7 Å². The number of amides is 1. The van der Waals surface area contributed by atoms with Crippen molar-refractivity contribution >= 4 is 22.4 Å². The number of hydrogen-bond acceptors (Lipinski definition) is 5. The van der Waals surface area contributed by atoms with Gasteiger partial charge in [-0.3, -0.25) is 4.79 Å². The lowest BCUT2D eigenvalue weighted by atomic mass is 10.0. The number of ether oxygens (including phenoxy) is 1. The van der Waals surface area contributed by atoms with Gasteiger partial charge in [0, 0.05) is 5.38 Å². The van der Waals surface area contributed by atoms with Gasteiger partial charge in [0.1, 0.15) is 11.4 Å². The van der Waals surface area contributed by atoms with Crippen LogP contribution in [0.4, 0.5) is 5.13 Å². The van der Waals surface area contributed by atoms with Crippen molar-refractivity contribution in [2.45, 2.75) is 26.3 Å². The predicted octanol–water partition coefficient (Wildman–Crippen LogP) is 3.01. The molecule has 1 aromatic carbocycles. The van der Waals surface area contributed by atoms with Gasteiger partial charge in [0.15, 0.2) is 5.13 Å². The predicted molar refractivity (Wildman–Crippen MR) is 84.6 cm³/mol. The minimum Gasteiger partial charge on any atom is -0.494 e. The van der Waals surface area contributed by atoms with E-state index >= 15 is 0 Å². The Bertz CT molecular complexity index is 595. The molecule has 1 amide bonds. The fourth-order valence-corrected chi connectivity index (χ4v) is 2.55. The van der Waals surface area contributed by atoms with Gasteiger partial charge in [-0.05, 0) is 31.0 Å². The molecule has 1 atom stereocenters. The van der Waals surface area contributed by atoms with Crippen molar-refractivity contribution in [2.75, 3.05) is 12.3 Å². The molecule has 1 aromatic heterocycles. The van der Waals surface area contributed by atoms with Gasteiger partial charge in [-0.25, -0.2) is 4.98 Å². The summed E-state index contributed by atoms with van der Waals surface area (Å²) in [4.78, 5) is 16.1. The lowest BCUT2D eigenvalue weighted by molar-refractivity contribution is 0.0931. The van der Waals surface area contributed by atoms with E-state index in [9.17, 15) is 4.79 Å². The Kier molecular flexibility index (Phi) is 5.16. The van der Waals surface area contributed by atoms with Crippen molar-refractivity contribution in [3.63, 3.8) is 0 Å². The van der Waals surface area contributed by atoms with E-state index in [4.69, 9.17) is 10.5 Å². The molecule has 2 rings (SSSR count). The highest BCUT2D eigenvalue weighted by Gasteiger charge is 2.16. The molecular formula is C15H19N3O2S. The smallest absolute Gasteiger partial charge is 0.271 e. The third kappa shape index (κ3) is 3.95. The molecule has 0 saturated carbocycles. The number of rotatable bonds is 6. The maximum atomic E-state index is 12.1. The standard InChI is InChI=1S/C15H19N3O2S/c1-3-12(10-5-7-11(8-6-10)20-4-2)17-14(19)13-9-21-15(16)18-13/h5-9,12H,3-4H2,1-2H3,(H2,16,18)(H,17,19)/t12-/m1/s1. The molecule has 0 unspecified atom stereocenters. The van der Waals surface area contributed by atoms with Crippen molar-refractivity contribution in [1.29, 1.82) is 0 Å². The van der Waals surface area contributed by atoms with Gasteiger partial charge in [0.25, 0.3) is 5.91 Å². The summed E-state index contributed by atoms with van der Waals surface area (Å²) in [7, 11) is 0. The number of hydrogen-bond donors (Lipinski definition) is 2. The molecule has 0 aliphatic carbocycles. The van der Waals surface area contributed by atoms with Gasteiger partial charge in [0.05, 0.1) is 12.6 Å². The maximum Gasteiger partial charge on any atom is 0.271 e. The molecule has 0 spiro atoms. The first-order chi connectivity index (χ1) is 10.1. The van der Waals surface area contributed by atoms with E-state index in [1.165, 1.54) is 11.3 Å². The Balaban J connectivity index is 2.07. The summed E-state index contributed by atoms with van der Waals surface area (Å²) in [5.41, 5.74) is 6.95. The van der Waals surface area contributed by atoms with Crippen molar-refractivity contribution in [3.8, 4) is 5.75 Å². The Morgan fingerprint density at radius 1 is 1.38 bits per heavy atom. The van der Waals surface area contributed by atoms with E-state index in [1.807, 2.05) is 38.1 Å². The number of nitrogens with two attached hydrogens (primary N) is 1. The number of nitrogen functional groups attached to an aromatic ring is 1. The minimum absolute atomic E-state index is 0.0592. The van der Waals surface area contributed by atoms with Gasteiger partial charge >= 0.3 is 0 Å². The monoisotopic (exact) mass is 305 g/mol. The van der Waals surface area contributed by atoms with Crippen molar-refractivity contribution in [1.82, 2.24) is 10.3 Å². The van der Waals surface area contributed by atoms with Gasteiger partial charge < -0.3 is 15.8 Å². The van der Waals surface area contributed by atoms with Crippen LogP contribution in [0, 0.1) is 0 Å². The number of nitrogens with one attached hydrogen (secondary N) is 1. The SMILES string of the molecule is CCOc1ccc([C@@H](CC)NC(=O)c2csc(N)n2)cc1. The Morgan fingerprint density at radius 2 is 2.10 bits per heavy atom. The van der Waals surface area contributed by atoms with Crippen molar-refractivity contribution < 1.29 is 9.53 Å². The fraction of sp³-hybridized carbons (Fsp3) is 0.333. The maximum absolute atomic E-state index is 12.1. The molecule has 6 heteroatoms. The molecule has 0 aliphatic rings. The number of carbonyl (C=O) groups is 1. The zero-order chi connectivity index (χ0) is 15.2. The van der Waals surface area contributed by atoms with E-state index < -0.39 is 0 Å². The van der Waals surface area contributed by atoms with Crippen LogP contribution in [0.3, 0.4) is 0 Å². The average Bonchev–Trinajstić information content (AvgIpc) is 2.92. The van der Waals surface area contributed by atoms with E-state index in [-0.39, 0.29) is 11.9 Å². The van der Waals surface area contributed by atoms with Gasteiger partial charge in [-0.15, -0.1) is 11.3 Å². The van der Waals surface area contributed by atoms with Crippen LogP contribution in [0.5, 0.6) is 5.75 Å². The van der Waals surface area contributed by atoms with Crippen molar-refractivity contribution in [2.24, 2.45) is 0 Å². The lowest BCUT2D eigenvalue weighted by Gasteiger charge is -2.17. The van der Waals surface area contributed by atoms with Gasteiger partial charge in [-0.1, -0.05) is 19.1 Å². The summed E-state index contributed by atoms with van der Waals surface area (Å²) < 4.78 is 5.42. The molecule has 0 fully saturated rings. The first kappa shape index (κ1) is 15.3. The van der Waals surface area contributed by atoms with Gasteiger partial charge in [0.2, 0.25) is 0 Å². The molecule has 3 N–H and O–H groups in total. The molecule has 1 heterocycles.